The third-order valence-corrected chi connectivity index (χ3v) is 4.57. The predicted octanol–water partition coefficient (Wildman–Crippen LogP) is 4.85. The molecule has 0 N–H and O–H groups in total. The number of hydrogen-bond acceptors (Lipinski definition) is 1. The van der Waals surface area contributed by atoms with E-state index in [0.717, 1.165) is 19.3 Å². The van der Waals surface area contributed by atoms with Gasteiger partial charge < -0.3 is 0 Å². The van der Waals surface area contributed by atoms with Crippen LogP contribution in [0.25, 0.3) is 0 Å². The molecule has 0 nitrogen and oxygen atoms in total. The molecule has 0 radical (unpaired) electrons. The molecule has 0 bridgehead atoms. The molecule has 0 saturated heterocycles. The van der Waals surface area contributed by atoms with E-state index in [1.165, 1.54) is 15.8 Å². The van der Waals surface area contributed by atoms with Crippen LogP contribution in [-0.2, 0) is 6.42 Å². The van der Waals surface area contributed by atoms with E-state index < -0.39 is 0 Å². The summed E-state index contributed by atoms with van der Waals surface area (Å²) in [6.07, 6.45) is 4.55. The fourth-order valence-electron chi connectivity index (χ4n) is 1.19. The standard InChI is InChI=1S/C10H14BrClS/c1-2-8(12)4-3-5-10-9(11)6-7-13-10/h6-8H,2-5H2,1H3. The lowest BCUT2D eigenvalue weighted by Gasteiger charge is -2.04. The second kappa shape index (κ2) is 6.05. The monoisotopic (exact) mass is 280 g/mol. The van der Waals surface area contributed by atoms with Gasteiger partial charge in [0.25, 0.3) is 0 Å². The van der Waals surface area contributed by atoms with E-state index in [2.05, 4.69) is 34.3 Å². The van der Waals surface area contributed by atoms with E-state index in [1.54, 1.807) is 0 Å². The quantitative estimate of drug-likeness (QED) is 0.677. The Morgan fingerprint density at radius 1 is 1.62 bits per heavy atom. The third-order valence-electron chi connectivity index (χ3n) is 2.06. The van der Waals surface area contributed by atoms with Crippen LogP contribution in [0.3, 0.4) is 0 Å². The fraction of sp³-hybridized carbons (Fsp3) is 0.600. The Morgan fingerprint density at radius 3 is 2.92 bits per heavy atom. The van der Waals surface area contributed by atoms with Gasteiger partial charge in [-0.1, -0.05) is 6.92 Å². The Morgan fingerprint density at radius 2 is 2.38 bits per heavy atom. The van der Waals surface area contributed by atoms with E-state index >= 15 is 0 Å². The zero-order valence-electron chi connectivity index (χ0n) is 7.72. The zero-order chi connectivity index (χ0) is 9.68. The fourth-order valence-corrected chi connectivity index (χ4v) is 2.94. The van der Waals surface area contributed by atoms with Crippen molar-refractivity contribution in [3.8, 4) is 0 Å². The minimum absolute atomic E-state index is 0.360. The molecule has 1 heterocycles. The molecule has 0 saturated carbocycles. The van der Waals surface area contributed by atoms with Crippen molar-refractivity contribution in [1.29, 1.82) is 0 Å². The van der Waals surface area contributed by atoms with Gasteiger partial charge in [0.15, 0.2) is 0 Å². The second-order valence-corrected chi connectivity index (χ2v) is 5.56. The topological polar surface area (TPSA) is 0 Å². The highest BCUT2D eigenvalue weighted by Crippen LogP contribution is 2.25. The highest BCUT2D eigenvalue weighted by molar-refractivity contribution is 9.10. The number of hydrogen-bond donors (Lipinski definition) is 0. The summed E-state index contributed by atoms with van der Waals surface area (Å²) >= 11 is 11.4. The summed E-state index contributed by atoms with van der Waals surface area (Å²) in [4.78, 5) is 1.44. The molecular formula is C10H14BrClS. The average molecular weight is 282 g/mol. The largest absolute Gasteiger partial charge is 0.148 e. The van der Waals surface area contributed by atoms with Gasteiger partial charge in [0.1, 0.15) is 0 Å². The molecular weight excluding hydrogens is 268 g/mol. The third kappa shape index (κ3) is 4.01. The molecule has 1 aromatic heterocycles. The molecule has 0 fully saturated rings. The molecule has 0 aliphatic carbocycles. The van der Waals surface area contributed by atoms with Crippen molar-refractivity contribution in [3.63, 3.8) is 0 Å². The van der Waals surface area contributed by atoms with Crippen molar-refractivity contribution >= 4 is 38.9 Å². The van der Waals surface area contributed by atoms with Gasteiger partial charge in [-0.15, -0.1) is 22.9 Å². The van der Waals surface area contributed by atoms with Gasteiger partial charge in [-0.3, -0.25) is 0 Å². The maximum Gasteiger partial charge on any atom is 0.0333 e. The first kappa shape index (κ1) is 11.5. The first-order chi connectivity index (χ1) is 6.24. The Kier molecular flexibility index (Phi) is 5.37. The van der Waals surface area contributed by atoms with E-state index in [9.17, 15) is 0 Å². The van der Waals surface area contributed by atoms with Crippen LogP contribution in [0, 0.1) is 0 Å². The van der Waals surface area contributed by atoms with Crippen LogP contribution >= 0.6 is 38.9 Å². The Balaban J connectivity index is 2.24. The van der Waals surface area contributed by atoms with Gasteiger partial charge in [-0.25, -0.2) is 0 Å². The normalized spacial score (nSPS) is 13.2. The number of aryl methyl sites for hydroxylation is 1. The molecule has 1 rings (SSSR count). The molecule has 13 heavy (non-hydrogen) atoms. The van der Waals surface area contributed by atoms with Crippen molar-refractivity contribution < 1.29 is 0 Å². The van der Waals surface area contributed by atoms with Crippen LogP contribution in [0.4, 0.5) is 0 Å². The molecule has 1 unspecified atom stereocenters. The summed E-state index contributed by atoms with van der Waals surface area (Å²) in [6, 6.07) is 2.11. The lowest BCUT2D eigenvalue weighted by atomic mass is 10.1. The second-order valence-electron chi connectivity index (χ2n) is 3.09. The average Bonchev–Trinajstić information content (AvgIpc) is 2.52. The van der Waals surface area contributed by atoms with Gasteiger partial charge in [0.05, 0.1) is 0 Å². The molecule has 0 aromatic carbocycles. The summed E-state index contributed by atoms with van der Waals surface area (Å²) in [7, 11) is 0. The van der Waals surface area contributed by atoms with Gasteiger partial charge in [-0.05, 0) is 53.1 Å². The molecule has 3 heteroatoms. The van der Waals surface area contributed by atoms with Crippen LogP contribution in [0.2, 0.25) is 0 Å². The molecule has 0 aliphatic rings. The summed E-state index contributed by atoms with van der Waals surface area (Å²) in [5, 5.41) is 2.48. The minimum Gasteiger partial charge on any atom is -0.148 e. The zero-order valence-corrected chi connectivity index (χ0v) is 10.9. The summed E-state index contributed by atoms with van der Waals surface area (Å²) in [6.45, 7) is 2.14. The first-order valence-corrected chi connectivity index (χ1v) is 6.71. The molecule has 0 aliphatic heterocycles. The van der Waals surface area contributed by atoms with Crippen LogP contribution in [0.1, 0.15) is 31.1 Å². The molecule has 1 atom stereocenters. The van der Waals surface area contributed by atoms with Gasteiger partial charge in [0, 0.05) is 14.7 Å². The van der Waals surface area contributed by atoms with Crippen molar-refractivity contribution in [2.45, 2.75) is 38.0 Å². The Bertz CT molecular complexity index is 247. The smallest absolute Gasteiger partial charge is 0.0333 e. The Hall–Kier alpha value is 0.470. The lowest BCUT2D eigenvalue weighted by Crippen LogP contribution is -1.96. The highest BCUT2D eigenvalue weighted by atomic mass is 79.9. The van der Waals surface area contributed by atoms with E-state index in [-0.39, 0.29) is 0 Å². The minimum atomic E-state index is 0.360. The molecule has 74 valence electrons. The van der Waals surface area contributed by atoms with Crippen molar-refractivity contribution in [1.82, 2.24) is 0 Å². The summed E-state index contributed by atoms with van der Waals surface area (Å²) < 4.78 is 1.25. The van der Waals surface area contributed by atoms with Crippen LogP contribution in [0.5, 0.6) is 0 Å². The maximum atomic E-state index is 6.04. The SMILES string of the molecule is CCC(Cl)CCCc1sccc1Br. The van der Waals surface area contributed by atoms with Crippen LogP contribution < -0.4 is 0 Å². The molecule has 0 amide bonds. The van der Waals surface area contributed by atoms with E-state index in [1.807, 2.05) is 11.3 Å². The van der Waals surface area contributed by atoms with Crippen molar-refractivity contribution in [2.75, 3.05) is 0 Å². The number of halogens is 2. The molecule has 1 aromatic rings. The molecule has 0 spiro atoms. The van der Waals surface area contributed by atoms with Crippen LogP contribution in [0.15, 0.2) is 15.9 Å². The van der Waals surface area contributed by atoms with Gasteiger partial charge >= 0.3 is 0 Å². The number of alkyl halides is 1. The van der Waals surface area contributed by atoms with Crippen LogP contribution in [-0.4, -0.2) is 5.38 Å². The number of rotatable bonds is 5. The highest BCUT2D eigenvalue weighted by Gasteiger charge is 2.04. The first-order valence-electron chi connectivity index (χ1n) is 4.60. The summed E-state index contributed by atoms with van der Waals surface area (Å²) in [5.74, 6) is 0. The van der Waals surface area contributed by atoms with E-state index in [4.69, 9.17) is 11.6 Å². The predicted molar refractivity (Wildman–Crippen MR) is 64.9 cm³/mol. The summed E-state index contributed by atoms with van der Waals surface area (Å²) in [5.41, 5.74) is 0. The lowest BCUT2D eigenvalue weighted by molar-refractivity contribution is 0.677. The Labute approximate surface area is 97.4 Å². The van der Waals surface area contributed by atoms with Crippen molar-refractivity contribution in [3.05, 3.63) is 20.8 Å². The van der Waals surface area contributed by atoms with Crippen molar-refractivity contribution in [2.24, 2.45) is 0 Å². The maximum absolute atomic E-state index is 6.04. The van der Waals surface area contributed by atoms with Gasteiger partial charge in [-0.2, -0.15) is 0 Å². The number of thiophene rings is 1. The van der Waals surface area contributed by atoms with E-state index in [0.29, 0.717) is 5.38 Å². The van der Waals surface area contributed by atoms with Gasteiger partial charge in [0.2, 0.25) is 0 Å².